The molecule has 2 aromatic carbocycles. The monoisotopic (exact) mass is 406 g/mol. The largest absolute Gasteiger partial charge is 0.0843 e. The molecule has 0 saturated carbocycles. The number of hydrogen-bond acceptors (Lipinski definition) is 0. The van der Waals surface area contributed by atoms with Gasteiger partial charge in [0, 0.05) is 14.5 Å². The van der Waals surface area contributed by atoms with Gasteiger partial charge in [-0.3, -0.25) is 0 Å². The summed E-state index contributed by atoms with van der Waals surface area (Å²) in [6.07, 6.45) is 0. The summed E-state index contributed by atoms with van der Waals surface area (Å²) in [6, 6.07) is 11.8. The van der Waals surface area contributed by atoms with Gasteiger partial charge in [-0.1, -0.05) is 73.3 Å². The van der Waals surface area contributed by atoms with E-state index in [0.29, 0.717) is 10.0 Å². The Morgan fingerprint density at radius 2 is 1.78 bits per heavy atom. The van der Waals surface area contributed by atoms with E-state index >= 15 is 0 Å². The van der Waals surface area contributed by atoms with Gasteiger partial charge in [0.1, 0.15) is 0 Å². The first-order valence-electron chi connectivity index (χ1n) is 5.34. The molecule has 0 radical (unpaired) electrons. The predicted molar refractivity (Wildman–Crippen MR) is 86.1 cm³/mol. The normalized spacial score (nSPS) is 12.5. The van der Waals surface area contributed by atoms with Crippen molar-refractivity contribution in [2.75, 3.05) is 0 Å². The second kappa shape index (κ2) is 5.96. The van der Waals surface area contributed by atoms with Crippen LogP contribution in [0.25, 0.3) is 0 Å². The molecule has 0 heterocycles. The maximum atomic E-state index is 6.22. The summed E-state index contributed by atoms with van der Waals surface area (Å²) >= 11 is 19.3. The van der Waals surface area contributed by atoms with Crippen LogP contribution in [0.3, 0.4) is 0 Å². The molecule has 0 aliphatic rings. The average Bonchev–Trinajstić information content (AvgIpc) is 2.32. The number of rotatable bonds is 2. The lowest BCUT2D eigenvalue weighted by Gasteiger charge is -2.14. The number of halogens is 4. The molecule has 2 rings (SSSR count). The second-order valence-corrected chi connectivity index (χ2v) is 6.65. The van der Waals surface area contributed by atoms with Gasteiger partial charge in [-0.25, -0.2) is 0 Å². The molecule has 0 aliphatic carbocycles. The zero-order chi connectivity index (χ0) is 13.3. The van der Waals surface area contributed by atoms with Gasteiger partial charge in [0.2, 0.25) is 0 Å². The number of hydrogen-bond donors (Lipinski definition) is 0. The summed E-state index contributed by atoms with van der Waals surface area (Å²) in [6.45, 7) is 2.07. The van der Waals surface area contributed by atoms with E-state index < -0.39 is 0 Å². The minimum absolute atomic E-state index is 0.0640. The number of benzene rings is 2. The lowest BCUT2D eigenvalue weighted by molar-refractivity contribution is 1.16. The van der Waals surface area contributed by atoms with Gasteiger partial charge in [0.15, 0.2) is 0 Å². The molecular formula is C14H10Br2Cl2. The third-order valence-corrected chi connectivity index (χ3v) is 5.18. The maximum Gasteiger partial charge on any atom is 0.0659 e. The van der Waals surface area contributed by atoms with Crippen molar-refractivity contribution in [2.45, 2.75) is 11.8 Å². The number of alkyl halides is 1. The Bertz CT molecular complexity index is 582. The molecule has 2 aromatic rings. The lowest BCUT2D eigenvalue weighted by Crippen LogP contribution is -1.94. The van der Waals surface area contributed by atoms with Gasteiger partial charge < -0.3 is 0 Å². The molecule has 4 heteroatoms. The van der Waals surface area contributed by atoms with Crippen LogP contribution in [0.15, 0.2) is 40.9 Å². The van der Waals surface area contributed by atoms with Crippen molar-refractivity contribution in [1.29, 1.82) is 0 Å². The van der Waals surface area contributed by atoms with Crippen LogP contribution < -0.4 is 0 Å². The molecule has 0 bridgehead atoms. The highest BCUT2D eigenvalue weighted by molar-refractivity contribution is 9.10. The van der Waals surface area contributed by atoms with E-state index in [2.05, 4.69) is 50.9 Å². The van der Waals surface area contributed by atoms with Gasteiger partial charge in [-0.2, -0.15) is 0 Å². The Hall–Kier alpha value is -0.0200. The van der Waals surface area contributed by atoms with Crippen LogP contribution in [0.4, 0.5) is 0 Å². The third kappa shape index (κ3) is 3.11. The first-order chi connectivity index (χ1) is 8.49. The van der Waals surface area contributed by atoms with Gasteiger partial charge in [0.25, 0.3) is 0 Å². The van der Waals surface area contributed by atoms with Crippen molar-refractivity contribution < 1.29 is 0 Å². The van der Waals surface area contributed by atoms with Crippen LogP contribution >= 0.6 is 55.1 Å². The highest BCUT2D eigenvalue weighted by atomic mass is 79.9. The summed E-state index contributed by atoms with van der Waals surface area (Å²) in [5.74, 6) is 0. The summed E-state index contributed by atoms with van der Waals surface area (Å²) < 4.78 is 1.10. The fraction of sp³-hybridized carbons (Fsp3) is 0.143. The van der Waals surface area contributed by atoms with Crippen LogP contribution in [-0.2, 0) is 0 Å². The molecule has 0 aromatic heterocycles. The van der Waals surface area contributed by atoms with Crippen LogP contribution in [0.1, 0.15) is 21.5 Å². The van der Waals surface area contributed by atoms with E-state index in [9.17, 15) is 0 Å². The van der Waals surface area contributed by atoms with Crippen molar-refractivity contribution in [2.24, 2.45) is 0 Å². The molecule has 0 N–H and O–H groups in total. The first kappa shape index (κ1) is 14.4. The zero-order valence-electron chi connectivity index (χ0n) is 9.55. The minimum Gasteiger partial charge on any atom is -0.0843 e. The standard InChI is InChI=1S/C14H10Br2Cl2/c1-8-6-9(2-5-12(8)15)14(16)11-4-3-10(17)7-13(11)18/h2-7,14H,1H3. The lowest BCUT2D eigenvalue weighted by atomic mass is 10.0. The van der Waals surface area contributed by atoms with Crippen molar-refractivity contribution in [1.82, 2.24) is 0 Å². The van der Waals surface area contributed by atoms with E-state index in [1.165, 1.54) is 11.1 Å². The maximum absolute atomic E-state index is 6.22. The molecule has 18 heavy (non-hydrogen) atoms. The molecule has 0 fully saturated rings. The SMILES string of the molecule is Cc1cc(C(Br)c2ccc(Cl)cc2Cl)ccc1Br. The quantitative estimate of drug-likeness (QED) is 0.494. The van der Waals surface area contributed by atoms with Gasteiger partial charge in [-0.05, 0) is 41.8 Å². The molecule has 1 atom stereocenters. The molecular weight excluding hydrogens is 399 g/mol. The summed E-state index contributed by atoms with van der Waals surface area (Å²) in [4.78, 5) is 0.0640. The van der Waals surface area contributed by atoms with Gasteiger partial charge in [-0.15, -0.1) is 0 Å². The highest BCUT2D eigenvalue weighted by Crippen LogP contribution is 2.37. The molecule has 0 saturated heterocycles. The van der Waals surface area contributed by atoms with E-state index in [-0.39, 0.29) is 4.83 Å². The van der Waals surface area contributed by atoms with E-state index in [1.54, 1.807) is 6.07 Å². The molecule has 1 unspecified atom stereocenters. The predicted octanol–water partition coefficient (Wildman–Crippen LogP) is 6.55. The van der Waals surface area contributed by atoms with E-state index in [1.807, 2.05) is 18.2 Å². The summed E-state index contributed by atoms with van der Waals surface area (Å²) in [7, 11) is 0. The Balaban J connectivity index is 2.41. The summed E-state index contributed by atoms with van der Waals surface area (Å²) in [5, 5.41) is 1.32. The zero-order valence-corrected chi connectivity index (χ0v) is 14.2. The Morgan fingerprint density at radius 3 is 2.39 bits per heavy atom. The molecule has 0 amide bonds. The second-order valence-electron chi connectivity index (χ2n) is 4.04. The van der Waals surface area contributed by atoms with Gasteiger partial charge in [0.05, 0.1) is 4.83 Å². The van der Waals surface area contributed by atoms with E-state index in [4.69, 9.17) is 23.2 Å². The van der Waals surface area contributed by atoms with Gasteiger partial charge >= 0.3 is 0 Å². The Kier molecular flexibility index (Phi) is 4.76. The average molecular weight is 409 g/mol. The number of aryl methyl sites for hydroxylation is 1. The van der Waals surface area contributed by atoms with Crippen molar-refractivity contribution in [3.63, 3.8) is 0 Å². The third-order valence-electron chi connectivity index (χ3n) is 2.71. The van der Waals surface area contributed by atoms with Crippen molar-refractivity contribution in [3.05, 3.63) is 67.6 Å². The van der Waals surface area contributed by atoms with Crippen LogP contribution in [-0.4, -0.2) is 0 Å². The summed E-state index contributed by atoms with van der Waals surface area (Å²) in [5.41, 5.74) is 3.38. The van der Waals surface area contributed by atoms with Crippen LogP contribution in [0.2, 0.25) is 10.0 Å². The molecule has 0 spiro atoms. The topological polar surface area (TPSA) is 0 Å². The van der Waals surface area contributed by atoms with Crippen molar-refractivity contribution in [3.8, 4) is 0 Å². The smallest absolute Gasteiger partial charge is 0.0659 e. The fourth-order valence-corrected chi connectivity index (χ4v) is 3.29. The van der Waals surface area contributed by atoms with E-state index in [0.717, 1.165) is 10.0 Å². The highest BCUT2D eigenvalue weighted by Gasteiger charge is 2.14. The van der Waals surface area contributed by atoms with Crippen LogP contribution in [0, 0.1) is 6.92 Å². The molecule has 0 nitrogen and oxygen atoms in total. The Morgan fingerprint density at radius 1 is 1.06 bits per heavy atom. The van der Waals surface area contributed by atoms with Crippen LogP contribution in [0.5, 0.6) is 0 Å². The fourth-order valence-electron chi connectivity index (χ4n) is 1.71. The first-order valence-corrected chi connectivity index (χ1v) is 7.80. The Labute approximate surface area is 134 Å². The molecule has 94 valence electrons. The van der Waals surface area contributed by atoms with Crippen molar-refractivity contribution >= 4 is 55.1 Å². The molecule has 0 aliphatic heterocycles. The minimum atomic E-state index is 0.0640.